The normalized spacial score (nSPS) is 15.1. The van der Waals surface area contributed by atoms with Crippen LogP contribution < -0.4 is 27.4 Å². The van der Waals surface area contributed by atoms with Crippen LogP contribution in [0.4, 0.5) is 0 Å². The molecule has 11 nitrogen and oxygen atoms in total. The van der Waals surface area contributed by atoms with Gasteiger partial charge in [0.25, 0.3) is 0 Å². The van der Waals surface area contributed by atoms with Crippen LogP contribution in [0.2, 0.25) is 0 Å². The molecule has 29 heavy (non-hydrogen) atoms. The summed E-state index contributed by atoms with van der Waals surface area (Å²) in [7, 11) is 0. The Morgan fingerprint density at radius 3 is 1.97 bits per heavy atom. The maximum atomic E-state index is 12.3. The molecule has 11 heteroatoms. The number of aliphatic hydroxyl groups excluding tert-OH is 1. The van der Waals surface area contributed by atoms with Crippen molar-refractivity contribution in [2.24, 2.45) is 17.4 Å². The molecule has 0 aromatic carbocycles. The van der Waals surface area contributed by atoms with Crippen molar-refractivity contribution >= 4 is 23.7 Å². The lowest BCUT2D eigenvalue weighted by molar-refractivity contribution is -0.142. The molecule has 0 bridgehead atoms. The second-order valence-corrected chi connectivity index (χ2v) is 7.39. The number of carboxylic acid groups (broad SMARTS) is 1. The first-order valence-electron chi connectivity index (χ1n) is 9.73. The molecule has 168 valence electrons. The van der Waals surface area contributed by atoms with Crippen LogP contribution in [0.15, 0.2) is 0 Å². The van der Waals surface area contributed by atoms with Crippen LogP contribution in [0.25, 0.3) is 0 Å². The number of aliphatic carboxylic acids is 1. The maximum Gasteiger partial charge on any atom is 0.326 e. The van der Waals surface area contributed by atoms with Gasteiger partial charge in [0.1, 0.15) is 18.1 Å². The van der Waals surface area contributed by atoms with Crippen molar-refractivity contribution in [2.45, 2.75) is 70.6 Å². The Balaban J connectivity index is 4.74. The van der Waals surface area contributed by atoms with E-state index in [1.807, 2.05) is 13.8 Å². The number of hydrogen-bond acceptors (Lipinski definition) is 7. The topological polar surface area (TPSA) is 197 Å². The number of nitrogens with two attached hydrogens (primary N) is 2. The standard InChI is InChI=1S/C18H35N5O6/c1-10(2)8-12(20)16(26)23-14(9-24)17(27)21-11(3)15(25)22-13(18(28)29)6-4-5-7-19/h10-14,24H,4-9,19-20H2,1-3H3,(H,21,27)(H,22,25)(H,23,26)(H,28,29). The van der Waals surface area contributed by atoms with E-state index in [0.29, 0.717) is 25.8 Å². The van der Waals surface area contributed by atoms with Crippen LogP contribution in [-0.4, -0.2) is 71.2 Å². The van der Waals surface area contributed by atoms with Gasteiger partial charge in [0.15, 0.2) is 0 Å². The van der Waals surface area contributed by atoms with Gasteiger partial charge >= 0.3 is 5.97 Å². The maximum absolute atomic E-state index is 12.3. The summed E-state index contributed by atoms with van der Waals surface area (Å²) in [4.78, 5) is 47.8. The highest BCUT2D eigenvalue weighted by molar-refractivity contribution is 5.93. The fourth-order valence-corrected chi connectivity index (χ4v) is 2.51. The average molecular weight is 418 g/mol. The first-order valence-corrected chi connectivity index (χ1v) is 9.73. The van der Waals surface area contributed by atoms with Crippen molar-refractivity contribution in [1.29, 1.82) is 0 Å². The van der Waals surface area contributed by atoms with Gasteiger partial charge in [0, 0.05) is 0 Å². The van der Waals surface area contributed by atoms with Crippen LogP contribution in [0.3, 0.4) is 0 Å². The monoisotopic (exact) mass is 417 g/mol. The molecule has 0 fully saturated rings. The molecule has 0 saturated heterocycles. The second kappa shape index (κ2) is 13.9. The Labute approximate surface area is 171 Å². The molecule has 0 spiro atoms. The highest BCUT2D eigenvalue weighted by Crippen LogP contribution is 2.03. The van der Waals surface area contributed by atoms with Crippen molar-refractivity contribution < 1.29 is 29.4 Å². The number of carbonyl (C=O) groups is 4. The van der Waals surface area contributed by atoms with Crippen molar-refractivity contribution in [1.82, 2.24) is 16.0 Å². The van der Waals surface area contributed by atoms with E-state index in [-0.39, 0.29) is 12.3 Å². The minimum atomic E-state index is -1.28. The largest absolute Gasteiger partial charge is 0.480 e. The zero-order valence-corrected chi connectivity index (χ0v) is 17.3. The van der Waals surface area contributed by atoms with Gasteiger partial charge in [0.05, 0.1) is 12.6 Å². The number of carbonyl (C=O) groups excluding carboxylic acids is 3. The van der Waals surface area contributed by atoms with Crippen molar-refractivity contribution in [3.05, 3.63) is 0 Å². The van der Waals surface area contributed by atoms with Gasteiger partial charge in [-0.1, -0.05) is 13.8 Å². The van der Waals surface area contributed by atoms with Gasteiger partial charge in [0.2, 0.25) is 17.7 Å². The van der Waals surface area contributed by atoms with Crippen molar-refractivity contribution in [2.75, 3.05) is 13.2 Å². The summed E-state index contributed by atoms with van der Waals surface area (Å²) in [5.74, 6) is -3.08. The third-order valence-electron chi connectivity index (χ3n) is 4.19. The van der Waals surface area contributed by atoms with Gasteiger partial charge in [-0.2, -0.15) is 0 Å². The molecule has 0 aliphatic carbocycles. The summed E-state index contributed by atoms with van der Waals surface area (Å²) in [6, 6.07) is -4.29. The van der Waals surface area contributed by atoms with Crippen LogP contribution in [0.1, 0.15) is 46.5 Å². The number of nitrogens with one attached hydrogen (secondary N) is 3. The number of amides is 3. The zero-order valence-electron chi connectivity index (χ0n) is 17.3. The first-order chi connectivity index (χ1) is 13.5. The van der Waals surface area contributed by atoms with Gasteiger partial charge in [-0.3, -0.25) is 14.4 Å². The van der Waals surface area contributed by atoms with E-state index >= 15 is 0 Å². The molecule has 0 rings (SSSR count). The summed E-state index contributed by atoms with van der Waals surface area (Å²) in [5, 5.41) is 25.6. The third kappa shape index (κ3) is 10.8. The van der Waals surface area contributed by atoms with E-state index in [1.165, 1.54) is 6.92 Å². The summed E-state index contributed by atoms with van der Waals surface area (Å²) in [5.41, 5.74) is 11.1. The van der Waals surface area contributed by atoms with Crippen LogP contribution in [0, 0.1) is 5.92 Å². The quantitative estimate of drug-likeness (QED) is 0.158. The van der Waals surface area contributed by atoms with E-state index < -0.39 is 54.5 Å². The van der Waals surface area contributed by atoms with E-state index in [9.17, 15) is 29.4 Å². The van der Waals surface area contributed by atoms with Crippen LogP contribution in [0.5, 0.6) is 0 Å². The molecule has 0 saturated carbocycles. The smallest absolute Gasteiger partial charge is 0.326 e. The van der Waals surface area contributed by atoms with Gasteiger partial charge in [-0.15, -0.1) is 0 Å². The predicted molar refractivity (Wildman–Crippen MR) is 107 cm³/mol. The average Bonchev–Trinajstić information content (AvgIpc) is 2.63. The van der Waals surface area contributed by atoms with Crippen molar-refractivity contribution in [3.8, 4) is 0 Å². The number of carboxylic acids is 1. The first kappa shape index (κ1) is 26.8. The SMILES string of the molecule is CC(C)CC(N)C(=O)NC(CO)C(=O)NC(C)C(=O)NC(CCCCN)C(=O)O. The Kier molecular flexibility index (Phi) is 12.8. The van der Waals surface area contributed by atoms with Gasteiger partial charge in [-0.05, 0) is 45.1 Å². The molecular formula is C18H35N5O6. The second-order valence-electron chi connectivity index (χ2n) is 7.39. The molecule has 4 atom stereocenters. The molecule has 0 aliphatic rings. The molecular weight excluding hydrogens is 382 g/mol. The molecule has 0 aromatic heterocycles. The Hall–Kier alpha value is -2.24. The molecule has 3 amide bonds. The highest BCUT2D eigenvalue weighted by Gasteiger charge is 2.28. The summed E-state index contributed by atoms with van der Waals surface area (Å²) >= 11 is 0. The zero-order chi connectivity index (χ0) is 22.6. The van der Waals surface area contributed by atoms with Gasteiger partial charge < -0.3 is 37.6 Å². The fourth-order valence-electron chi connectivity index (χ4n) is 2.51. The van der Waals surface area contributed by atoms with E-state index in [4.69, 9.17) is 11.5 Å². The molecule has 4 unspecified atom stereocenters. The molecule has 0 aromatic rings. The van der Waals surface area contributed by atoms with Crippen molar-refractivity contribution in [3.63, 3.8) is 0 Å². The molecule has 0 aliphatic heterocycles. The predicted octanol–water partition coefficient (Wildman–Crippen LogP) is -1.96. The molecule has 0 radical (unpaired) electrons. The lowest BCUT2D eigenvalue weighted by Gasteiger charge is -2.22. The summed E-state index contributed by atoms with van der Waals surface area (Å²) < 4.78 is 0. The summed E-state index contributed by atoms with van der Waals surface area (Å²) in [6.07, 6.45) is 1.78. The lowest BCUT2D eigenvalue weighted by Crippen LogP contribution is -2.57. The Morgan fingerprint density at radius 1 is 0.897 bits per heavy atom. The van der Waals surface area contributed by atoms with Gasteiger partial charge in [-0.25, -0.2) is 4.79 Å². The lowest BCUT2D eigenvalue weighted by atomic mass is 10.0. The van der Waals surface area contributed by atoms with E-state index in [1.54, 1.807) is 0 Å². The minimum Gasteiger partial charge on any atom is -0.480 e. The Bertz CT molecular complexity index is 557. The Morgan fingerprint density at radius 2 is 1.48 bits per heavy atom. The number of unbranched alkanes of at least 4 members (excludes halogenated alkanes) is 1. The fraction of sp³-hybridized carbons (Fsp3) is 0.778. The molecule has 0 heterocycles. The number of hydrogen-bond donors (Lipinski definition) is 7. The number of aliphatic hydroxyl groups is 1. The minimum absolute atomic E-state index is 0.174. The third-order valence-corrected chi connectivity index (χ3v) is 4.19. The van der Waals surface area contributed by atoms with Crippen LogP contribution >= 0.6 is 0 Å². The number of rotatable bonds is 14. The molecule has 9 N–H and O–H groups in total. The van der Waals surface area contributed by atoms with E-state index in [0.717, 1.165) is 0 Å². The summed E-state index contributed by atoms with van der Waals surface area (Å²) in [6.45, 7) is 4.89. The highest BCUT2D eigenvalue weighted by atomic mass is 16.4. The van der Waals surface area contributed by atoms with E-state index in [2.05, 4.69) is 16.0 Å². The van der Waals surface area contributed by atoms with Crippen LogP contribution in [-0.2, 0) is 19.2 Å².